The van der Waals surface area contributed by atoms with Crippen LogP contribution >= 0.6 is 0 Å². The largest absolute Gasteiger partial charge is 0.346 e. The van der Waals surface area contributed by atoms with Crippen LogP contribution in [0.4, 0.5) is 0 Å². The van der Waals surface area contributed by atoms with Crippen molar-refractivity contribution < 1.29 is 4.79 Å². The maximum absolute atomic E-state index is 12.3. The second-order valence-corrected chi connectivity index (χ2v) is 5.94. The first-order valence-electron chi connectivity index (χ1n) is 7.70. The Hall–Kier alpha value is -2.44. The van der Waals surface area contributed by atoms with Crippen LogP contribution in [0.5, 0.6) is 0 Å². The molecule has 1 amide bonds. The number of pyridine rings is 1. The fourth-order valence-electron chi connectivity index (χ4n) is 2.49. The Morgan fingerprint density at radius 3 is 2.65 bits per heavy atom. The van der Waals surface area contributed by atoms with E-state index >= 15 is 0 Å². The Balaban J connectivity index is 2.03. The van der Waals surface area contributed by atoms with Crippen molar-refractivity contribution in [1.29, 1.82) is 0 Å². The zero-order valence-corrected chi connectivity index (χ0v) is 14.0. The summed E-state index contributed by atoms with van der Waals surface area (Å²) in [7, 11) is 1.80. The van der Waals surface area contributed by atoms with Gasteiger partial charge in [-0.2, -0.15) is 5.10 Å². The molecule has 0 fully saturated rings. The van der Waals surface area contributed by atoms with E-state index in [0.717, 1.165) is 11.5 Å². The number of nitrogens with zero attached hydrogens (tertiary/aromatic N) is 4. The third-order valence-corrected chi connectivity index (χ3v) is 3.84. The van der Waals surface area contributed by atoms with Gasteiger partial charge in [-0.05, 0) is 18.9 Å². The van der Waals surface area contributed by atoms with Gasteiger partial charge < -0.3 is 9.88 Å². The van der Waals surface area contributed by atoms with E-state index in [1.54, 1.807) is 22.4 Å². The van der Waals surface area contributed by atoms with Gasteiger partial charge in [0.05, 0.1) is 6.04 Å². The molecule has 7 heteroatoms. The predicted molar refractivity (Wildman–Crippen MR) is 86.8 cm³/mol. The molecule has 7 nitrogen and oxygen atoms in total. The Kier molecular flexibility index (Phi) is 5.31. The number of amides is 1. The molecule has 0 aliphatic carbocycles. The predicted octanol–water partition coefficient (Wildman–Crippen LogP) is 1.19. The summed E-state index contributed by atoms with van der Waals surface area (Å²) >= 11 is 0. The summed E-state index contributed by atoms with van der Waals surface area (Å²) in [4.78, 5) is 28.3. The summed E-state index contributed by atoms with van der Waals surface area (Å²) in [5, 5.41) is 7.04. The number of aromatic nitrogens is 4. The lowest BCUT2D eigenvalue weighted by atomic mass is 10.0. The Morgan fingerprint density at radius 2 is 2.09 bits per heavy atom. The summed E-state index contributed by atoms with van der Waals surface area (Å²) in [5.41, 5.74) is 0.755. The summed E-state index contributed by atoms with van der Waals surface area (Å²) in [6, 6.07) is 4.87. The molecule has 0 aliphatic heterocycles. The lowest BCUT2D eigenvalue weighted by Gasteiger charge is -2.21. The highest BCUT2D eigenvalue weighted by atomic mass is 16.2. The molecular weight excluding hydrogens is 294 g/mol. The van der Waals surface area contributed by atoms with Crippen molar-refractivity contribution in [3.8, 4) is 0 Å². The van der Waals surface area contributed by atoms with Crippen LogP contribution in [0.25, 0.3) is 0 Å². The van der Waals surface area contributed by atoms with Crippen LogP contribution in [-0.2, 0) is 18.4 Å². The van der Waals surface area contributed by atoms with E-state index in [4.69, 9.17) is 0 Å². The smallest absolute Gasteiger partial charge is 0.250 e. The first kappa shape index (κ1) is 16.9. The lowest BCUT2D eigenvalue weighted by molar-refractivity contribution is -0.122. The van der Waals surface area contributed by atoms with E-state index in [-0.39, 0.29) is 29.8 Å². The van der Waals surface area contributed by atoms with Gasteiger partial charge in [-0.3, -0.25) is 14.3 Å². The van der Waals surface area contributed by atoms with Crippen LogP contribution < -0.4 is 10.9 Å². The maximum Gasteiger partial charge on any atom is 0.250 e. The normalized spacial score (nSPS) is 12.4. The summed E-state index contributed by atoms with van der Waals surface area (Å²) in [5.74, 6) is 0.797. The SMILES string of the molecule is Cc1cccc(=O)n1CCC(=O)N[C@H](c1ncnn1C)C(C)C. The molecule has 0 aromatic carbocycles. The average molecular weight is 317 g/mol. The van der Waals surface area contributed by atoms with E-state index in [0.29, 0.717) is 6.54 Å². The second-order valence-electron chi connectivity index (χ2n) is 5.94. The van der Waals surface area contributed by atoms with Gasteiger partial charge in [0.2, 0.25) is 5.91 Å². The maximum atomic E-state index is 12.3. The van der Waals surface area contributed by atoms with Crippen molar-refractivity contribution in [2.45, 2.75) is 39.8 Å². The van der Waals surface area contributed by atoms with Crippen LogP contribution in [0.3, 0.4) is 0 Å². The zero-order valence-electron chi connectivity index (χ0n) is 14.0. The zero-order chi connectivity index (χ0) is 17.0. The van der Waals surface area contributed by atoms with Gasteiger partial charge in [-0.15, -0.1) is 0 Å². The van der Waals surface area contributed by atoms with Crippen LogP contribution in [0, 0.1) is 12.8 Å². The molecule has 0 bridgehead atoms. The average Bonchev–Trinajstić information content (AvgIpc) is 2.90. The van der Waals surface area contributed by atoms with E-state index in [2.05, 4.69) is 15.4 Å². The number of carbonyl (C=O) groups is 1. The van der Waals surface area contributed by atoms with Crippen molar-refractivity contribution in [2.75, 3.05) is 0 Å². The first-order valence-corrected chi connectivity index (χ1v) is 7.70. The summed E-state index contributed by atoms with van der Waals surface area (Å²) < 4.78 is 3.27. The van der Waals surface area contributed by atoms with Crippen LogP contribution in [-0.4, -0.2) is 25.2 Å². The fraction of sp³-hybridized carbons (Fsp3) is 0.500. The second kappa shape index (κ2) is 7.21. The summed E-state index contributed by atoms with van der Waals surface area (Å²) in [6.07, 6.45) is 1.72. The lowest BCUT2D eigenvalue weighted by Crippen LogP contribution is -2.34. The van der Waals surface area contributed by atoms with Gasteiger partial charge in [0.1, 0.15) is 12.2 Å². The quantitative estimate of drug-likeness (QED) is 0.867. The minimum absolute atomic E-state index is 0.0912. The number of hydrogen-bond acceptors (Lipinski definition) is 4. The third kappa shape index (κ3) is 4.06. The first-order chi connectivity index (χ1) is 10.9. The molecule has 1 atom stereocenters. The van der Waals surface area contributed by atoms with Crippen molar-refractivity contribution >= 4 is 5.91 Å². The van der Waals surface area contributed by atoms with Crippen molar-refractivity contribution in [1.82, 2.24) is 24.6 Å². The molecule has 23 heavy (non-hydrogen) atoms. The fourth-order valence-corrected chi connectivity index (χ4v) is 2.49. The van der Waals surface area contributed by atoms with E-state index in [1.165, 1.54) is 12.4 Å². The topological polar surface area (TPSA) is 81.8 Å². The molecule has 0 unspecified atom stereocenters. The molecule has 0 saturated heterocycles. The Bertz CT molecular complexity index is 732. The van der Waals surface area contributed by atoms with Gasteiger partial charge in [-0.1, -0.05) is 19.9 Å². The third-order valence-electron chi connectivity index (χ3n) is 3.84. The van der Waals surface area contributed by atoms with Crippen LogP contribution in [0.2, 0.25) is 0 Å². The number of carbonyl (C=O) groups excluding carboxylic acids is 1. The number of hydrogen-bond donors (Lipinski definition) is 1. The highest BCUT2D eigenvalue weighted by molar-refractivity contribution is 5.76. The van der Waals surface area contributed by atoms with Gasteiger partial charge >= 0.3 is 0 Å². The molecule has 2 aromatic heterocycles. The molecule has 0 saturated carbocycles. The van der Waals surface area contributed by atoms with E-state index < -0.39 is 0 Å². The number of aryl methyl sites for hydroxylation is 2. The highest BCUT2D eigenvalue weighted by Gasteiger charge is 2.22. The minimum Gasteiger partial charge on any atom is -0.346 e. The molecule has 0 aliphatic rings. The summed E-state index contributed by atoms with van der Waals surface area (Å²) in [6.45, 7) is 6.26. The molecule has 124 valence electrons. The van der Waals surface area contributed by atoms with E-state index in [9.17, 15) is 9.59 Å². The Labute approximate surface area is 135 Å². The standard InChI is InChI=1S/C16H23N5O2/c1-11(2)15(16-17-10-18-20(16)4)19-13(22)8-9-21-12(3)6-5-7-14(21)23/h5-7,10-11,15H,8-9H2,1-4H3,(H,19,22)/t15-/m0/s1. The highest BCUT2D eigenvalue weighted by Crippen LogP contribution is 2.18. The van der Waals surface area contributed by atoms with Crippen molar-refractivity contribution in [3.05, 3.63) is 46.4 Å². The molecule has 2 heterocycles. The molecule has 2 aromatic rings. The van der Waals surface area contributed by atoms with Crippen LogP contribution in [0.1, 0.15) is 37.8 Å². The van der Waals surface area contributed by atoms with Gasteiger partial charge in [-0.25, -0.2) is 4.98 Å². The molecule has 1 N–H and O–H groups in total. The van der Waals surface area contributed by atoms with Gasteiger partial charge in [0, 0.05) is 31.8 Å². The molecule has 2 rings (SSSR count). The molecule has 0 spiro atoms. The van der Waals surface area contributed by atoms with Crippen molar-refractivity contribution in [2.24, 2.45) is 13.0 Å². The monoisotopic (exact) mass is 317 g/mol. The molecule has 0 radical (unpaired) electrons. The van der Waals surface area contributed by atoms with Crippen molar-refractivity contribution in [3.63, 3.8) is 0 Å². The molecular formula is C16H23N5O2. The van der Waals surface area contributed by atoms with E-state index in [1.807, 2.05) is 26.8 Å². The Morgan fingerprint density at radius 1 is 1.35 bits per heavy atom. The van der Waals surface area contributed by atoms with Gasteiger partial charge in [0.15, 0.2) is 0 Å². The van der Waals surface area contributed by atoms with Gasteiger partial charge in [0.25, 0.3) is 5.56 Å². The number of rotatable bonds is 6. The minimum atomic E-state index is -0.205. The number of nitrogens with one attached hydrogen (secondary N) is 1. The van der Waals surface area contributed by atoms with Crippen LogP contribution in [0.15, 0.2) is 29.3 Å².